The Bertz CT molecular complexity index is 1890. The van der Waals surface area contributed by atoms with E-state index in [9.17, 15) is 19.8 Å². The first-order valence-corrected chi connectivity index (χ1v) is 20.9. The fourth-order valence-electron chi connectivity index (χ4n) is 9.15. The van der Waals surface area contributed by atoms with Crippen LogP contribution in [0.15, 0.2) is 70.1 Å². The maximum absolute atomic E-state index is 13.2. The number of hydrogen-bond acceptors (Lipinski definition) is 12. The van der Waals surface area contributed by atoms with Gasteiger partial charge in [0.25, 0.3) is 0 Å². The number of likely N-dealkylation sites (N-methyl/N-ethyl adjacent to an activating group) is 2. The largest absolute Gasteiger partial charge is 1.00 e. The molecular formula is C38H45Br2N2O8S4+. The van der Waals surface area contributed by atoms with Gasteiger partial charge < -0.3 is 55.1 Å². The summed E-state index contributed by atoms with van der Waals surface area (Å²) in [5, 5.41) is 30.0. The molecule has 10 heterocycles. The Morgan fingerprint density at radius 1 is 0.648 bits per heavy atom. The monoisotopic (exact) mass is 949 g/mol. The van der Waals surface area contributed by atoms with Crippen LogP contribution in [0.4, 0.5) is 0 Å². The minimum absolute atomic E-state index is 0. The van der Waals surface area contributed by atoms with Crippen molar-refractivity contribution in [1.29, 1.82) is 0 Å². The predicted molar refractivity (Wildman–Crippen MR) is 209 cm³/mol. The van der Waals surface area contributed by atoms with E-state index in [0.717, 1.165) is 0 Å². The molecule has 0 aromatic carbocycles. The van der Waals surface area contributed by atoms with Crippen molar-refractivity contribution in [1.82, 2.24) is 0 Å². The number of hydrogen-bond donors (Lipinski definition) is 2. The Morgan fingerprint density at radius 2 is 0.926 bits per heavy atom. The van der Waals surface area contributed by atoms with Crippen LogP contribution in [0.1, 0.15) is 53.4 Å². The molecule has 10 nitrogen and oxygen atoms in total. The van der Waals surface area contributed by atoms with E-state index >= 15 is 0 Å². The second-order valence-corrected chi connectivity index (χ2v) is 18.8. The molecule has 4 aromatic rings. The minimum Gasteiger partial charge on any atom is -1.00 e. The third-order valence-electron chi connectivity index (χ3n) is 12.1. The Hall–Kier alpha value is -1.54. The lowest BCUT2D eigenvalue weighted by atomic mass is 9.95. The van der Waals surface area contributed by atoms with Gasteiger partial charge in [0.2, 0.25) is 11.2 Å². The number of piperidine rings is 2. The van der Waals surface area contributed by atoms with Crippen LogP contribution in [0.25, 0.3) is 0 Å². The average Bonchev–Trinajstić information content (AvgIpc) is 3.62. The molecule has 0 amide bonds. The molecule has 6 aliphatic heterocycles. The van der Waals surface area contributed by atoms with Gasteiger partial charge in [-0.2, -0.15) is 0 Å². The minimum atomic E-state index is -2.14. The fraction of sp³-hybridized carbons (Fsp3) is 0.526. The Labute approximate surface area is 360 Å². The molecule has 0 spiro atoms. The number of quaternary nitrogens is 2. The number of epoxide rings is 2. The molecule has 8 unspecified atom stereocenters. The van der Waals surface area contributed by atoms with Crippen LogP contribution in [0.2, 0.25) is 0 Å². The summed E-state index contributed by atoms with van der Waals surface area (Å²) in [6, 6.07) is 13.1. The molecule has 0 radical (unpaired) electrons. The number of nitrogens with zero attached hydrogens (tertiary/aromatic N) is 2. The lowest BCUT2D eigenvalue weighted by molar-refractivity contribution is -0.938. The highest BCUT2D eigenvalue weighted by molar-refractivity contribution is 8.93. The van der Waals surface area contributed by atoms with Gasteiger partial charge in [-0.05, 0) is 45.8 Å². The van der Waals surface area contributed by atoms with Gasteiger partial charge in [-0.1, -0.05) is 24.3 Å². The molecule has 4 bridgehead atoms. The summed E-state index contributed by atoms with van der Waals surface area (Å²) in [7, 11) is 3.53. The quantitative estimate of drug-likeness (QED) is 0.157. The van der Waals surface area contributed by atoms with Gasteiger partial charge in [-0.15, -0.1) is 62.3 Å². The van der Waals surface area contributed by atoms with Crippen LogP contribution < -0.4 is 17.0 Å². The van der Waals surface area contributed by atoms with Gasteiger partial charge in [-0.25, -0.2) is 9.59 Å². The molecule has 16 heteroatoms. The van der Waals surface area contributed by atoms with Crippen molar-refractivity contribution in [2.75, 3.05) is 28.0 Å². The first-order chi connectivity index (χ1) is 27.3. The van der Waals surface area contributed by atoms with Crippen molar-refractivity contribution >= 4 is 74.3 Å². The number of carbonyl (C=O) groups is 2. The first kappa shape index (κ1) is 33.4. The van der Waals surface area contributed by atoms with E-state index in [1.54, 1.807) is 62.6 Å². The van der Waals surface area contributed by atoms with Gasteiger partial charge in [-0.3, -0.25) is 0 Å². The van der Waals surface area contributed by atoms with Crippen molar-refractivity contribution in [2.45, 2.75) is 97.7 Å². The highest BCUT2D eigenvalue weighted by atomic mass is 79.9. The maximum Gasteiger partial charge on any atom is 0.349 e. The number of fused-ring (bicyclic) bond motifs is 10. The highest BCUT2D eigenvalue weighted by Crippen LogP contribution is 2.53. The van der Waals surface area contributed by atoms with E-state index in [-0.39, 0.29) is 91.5 Å². The fourth-order valence-corrected chi connectivity index (χ4v) is 12.6. The standard InChI is InChI=1S/2C19H22NO4S2.2BrH/c2*1-20(2)12-9-11(10-13(20)17-16(12)24-17)23-18(21)19(22,14-5-3-7-25-14)15-6-4-8-26-15;;/h2*3-8,11-13,16-17,22H,9-10H2,1-2H3;2*1H/q2*+1;;/p-1/i2*1D3;;. The van der Waals surface area contributed by atoms with Crippen LogP contribution in [0.5, 0.6) is 0 Å². The number of carbonyl (C=O) groups excluding carboxylic acids is 2. The van der Waals surface area contributed by atoms with Crippen molar-refractivity contribution in [3.8, 4) is 0 Å². The molecule has 6 aliphatic rings. The third-order valence-corrected chi connectivity index (χ3v) is 16.0. The van der Waals surface area contributed by atoms with E-state index in [2.05, 4.69) is 0 Å². The van der Waals surface area contributed by atoms with Gasteiger partial charge in [0.15, 0.2) is 0 Å². The summed E-state index contributed by atoms with van der Waals surface area (Å²) in [5.74, 6) is -1.40. The van der Waals surface area contributed by atoms with Crippen LogP contribution in [0.3, 0.4) is 0 Å². The molecule has 54 heavy (non-hydrogen) atoms. The topological polar surface area (TPSA) is 118 Å². The lowest BCUT2D eigenvalue weighted by Crippen LogP contribution is -3.00. The predicted octanol–water partition coefficient (Wildman–Crippen LogP) is 2.27. The van der Waals surface area contributed by atoms with E-state index in [1.807, 2.05) is 21.5 Å². The molecule has 6 fully saturated rings. The van der Waals surface area contributed by atoms with Gasteiger partial charge in [0.1, 0.15) is 60.8 Å². The molecule has 8 atom stereocenters. The average molecular weight is 952 g/mol. The number of morpholine rings is 2. The molecule has 4 aromatic heterocycles. The summed E-state index contributed by atoms with van der Waals surface area (Å²) in [4.78, 5) is 28.5. The molecular weight excluding hydrogens is 900 g/mol. The smallest absolute Gasteiger partial charge is 0.349 e. The summed E-state index contributed by atoms with van der Waals surface area (Å²) in [6.45, 7) is -4.29. The number of aliphatic hydroxyl groups is 2. The van der Waals surface area contributed by atoms with Crippen molar-refractivity contribution in [2.24, 2.45) is 0 Å². The lowest BCUT2D eigenvalue weighted by Gasteiger charge is -2.45. The van der Waals surface area contributed by atoms with Crippen molar-refractivity contribution < 1.29 is 72.9 Å². The SMILES string of the molecule is Br.[2H]C([2H])([2H])[N+]1(C)C2CC(OC(=O)C(O)(c3cccs3)c3cccs3)CC1C1OC12.[2H]C([2H])([2H])[N+]1(C)C2CC(OC(=O)C(O)(c3cccs3)c3cccs3)CC1C1OC12.[Br-]. The Kier molecular flexibility index (Phi) is 9.09. The van der Waals surface area contributed by atoms with Crippen LogP contribution in [0, 0.1) is 0 Å². The number of ether oxygens (including phenoxy) is 4. The highest BCUT2D eigenvalue weighted by Gasteiger charge is 2.72. The second-order valence-electron chi connectivity index (χ2n) is 15.0. The van der Waals surface area contributed by atoms with E-state index in [4.69, 9.17) is 27.2 Å². The molecule has 2 N–H and O–H groups in total. The van der Waals surface area contributed by atoms with Crippen molar-refractivity contribution in [3.05, 3.63) is 89.6 Å². The normalized spacial score (nSPS) is 38.7. The summed E-state index contributed by atoms with van der Waals surface area (Å²) in [5.41, 5.74) is -3.69. The summed E-state index contributed by atoms with van der Waals surface area (Å²) >= 11 is 5.20. The third kappa shape index (κ3) is 6.44. The number of rotatable bonds is 8. The number of thiophene rings is 4. The molecule has 6 saturated heterocycles. The molecule has 292 valence electrons. The van der Waals surface area contributed by atoms with Crippen LogP contribution in [-0.4, -0.2) is 120 Å². The summed E-state index contributed by atoms with van der Waals surface area (Å²) < 4.78 is 71.2. The van der Waals surface area contributed by atoms with Crippen LogP contribution in [-0.2, 0) is 39.7 Å². The first-order valence-electron chi connectivity index (χ1n) is 20.4. The van der Waals surface area contributed by atoms with E-state index in [0.29, 0.717) is 45.2 Å². The number of esters is 2. The second kappa shape index (κ2) is 14.7. The molecule has 10 rings (SSSR count). The molecule has 0 saturated carbocycles. The Morgan fingerprint density at radius 3 is 1.15 bits per heavy atom. The van der Waals surface area contributed by atoms with E-state index in [1.165, 1.54) is 45.3 Å². The number of halogens is 2. The molecule has 0 aliphatic carbocycles. The zero-order chi connectivity index (χ0) is 41.2. The van der Waals surface area contributed by atoms with Gasteiger partial charge >= 0.3 is 11.9 Å². The zero-order valence-corrected chi connectivity index (χ0v) is 35.8. The van der Waals surface area contributed by atoms with Crippen LogP contribution >= 0.6 is 62.3 Å². The van der Waals surface area contributed by atoms with Gasteiger partial charge in [0, 0.05) is 25.7 Å². The van der Waals surface area contributed by atoms with Crippen molar-refractivity contribution in [3.63, 3.8) is 0 Å². The van der Waals surface area contributed by atoms with E-state index < -0.39 is 49.3 Å². The summed E-state index contributed by atoms with van der Waals surface area (Å²) in [6.07, 6.45) is 0.483. The Balaban J connectivity index is 0.000000176. The maximum atomic E-state index is 13.2. The van der Waals surface area contributed by atoms with Gasteiger partial charge in [0.05, 0.1) is 55.8 Å². The zero-order valence-electron chi connectivity index (χ0n) is 35.2.